The van der Waals surface area contributed by atoms with Gasteiger partial charge in [-0.05, 0) is 0 Å². The first kappa shape index (κ1) is 54.8. The van der Waals surface area contributed by atoms with Crippen molar-refractivity contribution >= 4 is 0 Å². The summed E-state index contributed by atoms with van der Waals surface area (Å²) in [6.07, 6.45) is 0. The number of aryl methyl sites for hydroxylation is 4. The summed E-state index contributed by atoms with van der Waals surface area (Å²) >= 11 is 0. The quantitative estimate of drug-likeness (QED) is 0.177. The van der Waals surface area contributed by atoms with Gasteiger partial charge < -0.3 is 4.70 Å². The van der Waals surface area contributed by atoms with Crippen LogP contribution in [0.4, 0.5) is 0 Å². The molecule has 4 rings (SSSR count). The molecule has 0 aromatic heterocycles. The molecule has 0 nitrogen and oxygen atoms in total. The molecule has 4 aromatic rings. The fraction of sp³-hybridized carbons (Fsp3) is 0.478. The molecule has 0 aliphatic rings. The predicted molar refractivity (Wildman–Crippen MR) is 209 cm³/mol. The van der Waals surface area contributed by atoms with Crippen molar-refractivity contribution < 1.29 is 70.1 Å². The zero-order valence-corrected chi connectivity index (χ0v) is 41.2. The number of halogens is 1. The molecule has 0 amide bonds. The Bertz CT molecular complexity index is 1400. The Kier molecular flexibility index (Phi) is 28.0. The maximum absolute atomic E-state index is 3.58. The second-order valence-corrected chi connectivity index (χ2v) is 12.0. The second kappa shape index (κ2) is 25.1. The van der Waals surface area contributed by atoms with E-state index in [0.29, 0.717) is 0 Å². The predicted octanol–water partition coefficient (Wildman–Crippen LogP) is 10.9. The first-order valence-electron chi connectivity index (χ1n) is 17.5. The summed E-state index contributed by atoms with van der Waals surface area (Å²) in [5.41, 5.74) is 26.1. The van der Waals surface area contributed by atoms with Gasteiger partial charge in [0.25, 0.3) is 0 Å². The minimum atomic E-state index is 0. The van der Waals surface area contributed by atoms with Gasteiger partial charge in [-0.25, -0.2) is 22.3 Å². The van der Waals surface area contributed by atoms with Gasteiger partial charge in [0, 0.05) is 65.4 Å². The number of hydrogen-bond donors (Lipinski definition) is 0. The van der Waals surface area contributed by atoms with Crippen LogP contribution in [0.5, 0.6) is 0 Å². The number of benzene rings is 4. The van der Waals surface area contributed by atoms with E-state index in [1.54, 1.807) is 0 Å². The van der Waals surface area contributed by atoms with Gasteiger partial charge in [0.15, 0.2) is 0 Å². The van der Waals surface area contributed by atoms with Crippen LogP contribution < -0.4 is 4.70 Å². The maximum atomic E-state index is 3.58. The molecule has 0 saturated carbocycles. The Hall–Kier alpha value is -0.982. The van der Waals surface area contributed by atoms with E-state index in [1.165, 1.54) is 111 Å². The Balaban J connectivity index is -0.000000340. The fourth-order valence-electron chi connectivity index (χ4n) is 5.50. The van der Waals surface area contributed by atoms with Gasteiger partial charge >= 0.3 is 0 Å². The third-order valence-corrected chi connectivity index (χ3v) is 10.0. The molecule has 3 heteroatoms. The smallest absolute Gasteiger partial charge is 0 e. The zero-order valence-electron chi connectivity index (χ0n) is 35.5. The third-order valence-electron chi connectivity index (χ3n) is 10.0. The molecule has 0 saturated heterocycles. The standard InChI is InChI=1S/2C20H24.3C2H6.FH.2Y/c2*1-11-9-19(17(7)15(5)13(11)3)20-10-12(2)14(4)16(6)18(20)8;3*1-2;;;/h2*1-8H3;3*1-2H3;1H;;/q2*-2;;;;;;/p-1. The van der Waals surface area contributed by atoms with Crippen molar-refractivity contribution in [2.75, 3.05) is 0 Å². The van der Waals surface area contributed by atoms with E-state index in [-0.39, 0.29) is 70.1 Å². The van der Waals surface area contributed by atoms with Crippen molar-refractivity contribution in [3.05, 3.63) is 113 Å². The van der Waals surface area contributed by atoms with Gasteiger partial charge in [-0.1, -0.05) is 152 Å². The van der Waals surface area contributed by atoms with Crippen molar-refractivity contribution in [2.45, 2.75) is 152 Å². The van der Waals surface area contributed by atoms with E-state index in [0.717, 1.165) is 0 Å². The molecule has 268 valence electrons. The molecular formula is C46H66FY2-5. The van der Waals surface area contributed by atoms with Crippen molar-refractivity contribution in [1.82, 2.24) is 0 Å². The van der Waals surface area contributed by atoms with Crippen LogP contribution in [0.15, 0.2) is 0 Å². The molecule has 0 aliphatic carbocycles. The minimum absolute atomic E-state index is 0. The van der Waals surface area contributed by atoms with Crippen LogP contribution >= 0.6 is 0 Å². The van der Waals surface area contributed by atoms with Crippen LogP contribution in [0, 0.1) is 135 Å². The van der Waals surface area contributed by atoms with Crippen LogP contribution in [0.25, 0.3) is 22.3 Å². The molecule has 0 heterocycles. The SMILES string of the molecule is CC.CC.CC.Cc1[c-]c(-c2[c-]c(C)c(C)c(C)c2C)c(C)c(C)c1C.Cc1[c-]c(-c2[c-]c(C)c(C)c(C)c2C)c(C)c(C)c1C.[F-].[Y].[Y]. The number of hydrogen-bond acceptors (Lipinski definition) is 0. The first-order valence-corrected chi connectivity index (χ1v) is 17.5. The van der Waals surface area contributed by atoms with Gasteiger partial charge in [0.2, 0.25) is 0 Å². The van der Waals surface area contributed by atoms with Crippen molar-refractivity contribution in [3.8, 4) is 22.3 Å². The maximum Gasteiger partial charge on any atom is 0 e. The average Bonchev–Trinajstić information content (AvgIpc) is 3.07. The normalized spacial score (nSPS) is 9.35. The third kappa shape index (κ3) is 12.6. The summed E-state index contributed by atoms with van der Waals surface area (Å²) in [5.74, 6) is 0. The van der Waals surface area contributed by atoms with Crippen LogP contribution in [0.1, 0.15) is 131 Å². The zero-order chi connectivity index (χ0) is 36.4. The molecule has 4 aromatic carbocycles. The topological polar surface area (TPSA) is 0 Å². The van der Waals surface area contributed by atoms with E-state index < -0.39 is 0 Å². The molecule has 0 unspecified atom stereocenters. The molecule has 0 bridgehead atoms. The van der Waals surface area contributed by atoms with Crippen molar-refractivity contribution in [3.63, 3.8) is 0 Å². The minimum Gasteiger partial charge on any atom is -1.00 e. The molecule has 0 N–H and O–H groups in total. The molecule has 2 radical (unpaired) electrons. The van der Waals surface area contributed by atoms with E-state index in [9.17, 15) is 0 Å². The monoisotopic (exact) mass is 815 g/mol. The molecule has 0 atom stereocenters. The van der Waals surface area contributed by atoms with Gasteiger partial charge in [-0.2, -0.15) is 46.5 Å². The van der Waals surface area contributed by atoms with Gasteiger partial charge in [-0.3, -0.25) is 0 Å². The molecule has 0 fully saturated rings. The summed E-state index contributed by atoms with van der Waals surface area (Å²) in [5, 5.41) is 0. The first-order chi connectivity index (χ1) is 21.5. The molecule has 0 spiro atoms. The Morgan fingerprint density at radius 3 is 0.469 bits per heavy atom. The Labute approximate surface area is 354 Å². The fourth-order valence-corrected chi connectivity index (χ4v) is 5.50. The molecule has 49 heavy (non-hydrogen) atoms. The average molecular weight is 816 g/mol. The van der Waals surface area contributed by atoms with E-state index in [1.807, 2.05) is 41.5 Å². The van der Waals surface area contributed by atoms with E-state index >= 15 is 0 Å². The summed E-state index contributed by atoms with van der Waals surface area (Å²) in [7, 11) is 0. The van der Waals surface area contributed by atoms with Gasteiger partial charge in [0.1, 0.15) is 0 Å². The second-order valence-electron chi connectivity index (χ2n) is 12.0. The number of rotatable bonds is 2. The van der Waals surface area contributed by atoms with Crippen LogP contribution in [-0.2, 0) is 65.4 Å². The Morgan fingerprint density at radius 1 is 0.224 bits per heavy atom. The van der Waals surface area contributed by atoms with Crippen LogP contribution in [-0.4, -0.2) is 0 Å². The summed E-state index contributed by atoms with van der Waals surface area (Å²) in [6, 6.07) is 14.3. The van der Waals surface area contributed by atoms with Crippen molar-refractivity contribution in [1.29, 1.82) is 0 Å². The van der Waals surface area contributed by atoms with Crippen LogP contribution in [0.2, 0.25) is 0 Å². The molecular weight excluding hydrogens is 749 g/mol. The van der Waals surface area contributed by atoms with Crippen LogP contribution in [0.3, 0.4) is 0 Å². The largest absolute Gasteiger partial charge is 1.00 e. The van der Waals surface area contributed by atoms with E-state index in [2.05, 4.69) is 135 Å². The van der Waals surface area contributed by atoms with E-state index in [4.69, 9.17) is 0 Å². The summed E-state index contributed by atoms with van der Waals surface area (Å²) < 4.78 is 0. The molecule has 0 aliphatic heterocycles. The Morgan fingerprint density at radius 2 is 0.347 bits per heavy atom. The van der Waals surface area contributed by atoms with Gasteiger partial charge in [0.05, 0.1) is 0 Å². The van der Waals surface area contributed by atoms with Gasteiger partial charge in [-0.15, -0.1) is 66.8 Å². The van der Waals surface area contributed by atoms with Crippen molar-refractivity contribution in [2.24, 2.45) is 0 Å². The summed E-state index contributed by atoms with van der Waals surface area (Å²) in [4.78, 5) is 0. The summed E-state index contributed by atoms with van der Waals surface area (Å²) in [6.45, 7) is 46.9.